The Hall–Kier alpha value is -0.380. The summed E-state index contributed by atoms with van der Waals surface area (Å²) in [6.45, 7) is 10.1. The summed E-state index contributed by atoms with van der Waals surface area (Å²) in [5, 5.41) is 5.62. The maximum atomic E-state index is 3.43. The Bertz CT molecular complexity index is 292. The van der Waals surface area contributed by atoms with Crippen molar-refractivity contribution >= 4 is 11.3 Å². The third kappa shape index (κ3) is 3.58. The summed E-state index contributed by atoms with van der Waals surface area (Å²) in [6.07, 6.45) is 1.19. The maximum Gasteiger partial charge on any atom is 0.0340 e. The molecule has 1 atom stereocenters. The number of hydrogen-bond donors (Lipinski definition) is 1. The molecule has 0 radical (unpaired) electrons. The average molecular weight is 240 g/mol. The van der Waals surface area contributed by atoms with Crippen molar-refractivity contribution < 1.29 is 0 Å². The number of hydrogen-bond acceptors (Lipinski definition) is 3. The lowest BCUT2D eigenvalue weighted by atomic mass is 10.0. The maximum absolute atomic E-state index is 3.43. The van der Waals surface area contributed by atoms with Crippen molar-refractivity contribution in [2.45, 2.75) is 33.2 Å². The van der Waals surface area contributed by atoms with Gasteiger partial charge in [0.2, 0.25) is 0 Å². The highest BCUT2D eigenvalue weighted by Gasteiger charge is 2.13. The fourth-order valence-electron chi connectivity index (χ4n) is 2.06. The van der Waals surface area contributed by atoms with Crippen LogP contribution in [0.5, 0.6) is 0 Å². The van der Waals surface area contributed by atoms with Crippen molar-refractivity contribution in [1.29, 1.82) is 0 Å². The predicted molar refractivity (Wildman–Crippen MR) is 73.3 cm³/mol. The minimum Gasteiger partial charge on any atom is -0.313 e. The first-order chi connectivity index (χ1) is 7.72. The number of aryl methyl sites for hydroxylation is 1. The van der Waals surface area contributed by atoms with Crippen LogP contribution in [0.2, 0.25) is 0 Å². The van der Waals surface area contributed by atoms with E-state index in [9.17, 15) is 0 Å². The zero-order valence-corrected chi connectivity index (χ0v) is 11.7. The van der Waals surface area contributed by atoms with Crippen LogP contribution >= 0.6 is 11.3 Å². The molecule has 0 bridgehead atoms. The Morgan fingerprint density at radius 2 is 2.06 bits per heavy atom. The number of nitrogens with one attached hydrogen (secondary N) is 1. The van der Waals surface area contributed by atoms with Crippen molar-refractivity contribution in [3.63, 3.8) is 0 Å². The van der Waals surface area contributed by atoms with E-state index in [0.29, 0.717) is 6.04 Å². The zero-order valence-electron chi connectivity index (χ0n) is 10.9. The molecule has 0 saturated carbocycles. The fraction of sp³-hybridized carbons (Fsp3) is 0.692. The second-order valence-electron chi connectivity index (χ2n) is 4.09. The summed E-state index contributed by atoms with van der Waals surface area (Å²) in [4.78, 5) is 3.92. The SMILES string of the molecule is CCN(CC)CCC(NC)c1ccsc1C. The van der Waals surface area contributed by atoms with Gasteiger partial charge in [-0.2, -0.15) is 0 Å². The standard InChI is InChI=1S/C13H24N2S/c1-5-15(6-2)9-7-13(14-4)12-8-10-16-11(12)3/h8,10,13-14H,5-7,9H2,1-4H3. The van der Waals surface area contributed by atoms with Gasteiger partial charge in [-0.15, -0.1) is 11.3 Å². The molecule has 0 aromatic carbocycles. The third-order valence-corrected chi connectivity index (χ3v) is 4.11. The molecule has 1 aromatic heterocycles. The van der Waals surface area contributed by atoms with E-state index in [2.05, 4.69) is 49.5 Å². The molecule has 16 heavy (non-hydrogen) atoms. The van der Waals surface area contributed by atoms with Gasteiger partial charge in [0, 0.05) is 10.9 Å². The van der Waals surface area contributed by atoms with Gasteiger partial charge in [0.1, 0.15) is 0 Å². The highest BCUT2D eigenvalue weighted by atomic mass is 32.1. The summed E-state index contributed by atoms with van der Waals surface area (Å²) < 4.78 is 0. The molecular formula is C13H24N2S. The van der Waals surface area contributed by atoms with Gasteiger partial charge >= 0.3 is 0 Å². The molecule has 0 saturated heterocycles. The molecule has 1 unspecified atom stereocenters. The fourth-order valence-corrected chi connectivity index (χ4v) is 2.83. The topological polar surface area (TPSA) is 15.3 Å². The minimum absolute atomic E-state index is 0.506. The number of rotatable bonds is 7. The Labute approximate surface area is 104 Å². The van der Waals surface area contributed by atoms with Crippen LogP contribution in [0.3, 0.4) is 0 Å². The number of nitrogens with zero attached hydrogens (tertiary/aromatic N) is 1. The second kappa shape index (κ2) is 7.05. The van der Waals surface area contributed by atoms with Crippen molar-refractivity contribution in [1.82, 2.24) is 10.2 Å². The molecule has 3 heteroatoms. The molecule has 0 aliphatic carbocycles. The first-order valence-corrected chi connectivity index (χ1v) is 7.04. The third-order valence-electron chi connectivity index (χ3n) is 3.25. The lowest BCUT2D eigenvalue weighted by Gasteiger charge is -2.22. The predicted octanol–water partition coefficient (Wildman–Crippen LogP) is 3.05. The summed E-state index contributed by atoms with van der Waals surface area (Å²) >= 11 is 1.84. The van der Waals surface area contributed by atoms with Crippen LogP contribution in [0.15, 0.2) is 11.4 Å². The van der Waals surface area contributed by atoms with Gasteiger partial charge in [-0.1, -0.05) is 13.8 Å². The van der Waals surface area contributed by atoms with Crippen LogP contribution in [-0.4, -0.2) is 31.6 Å². The minimum atomic E-state index is 0.506. The molecule has 2 nitrogen and oxygen atoms in total. The van der Waals surface area contributed by atoms with Gasteiger partial charge in [-0.25, -0.2) is 0 Å². The summed E-state index contributed by atoms with van der Waals surface area (Å²) in [5.74, 6) is 0. The second-order valence-corrected chi connectivity index (χ2v) is 5.21. The first kappa shape index (κ1) is 13.7. The summed E-state index contributed by atoms with van der Waals surface area (Å²) in [7, 11) is 2.06. The van der Waals surface area contributed by atoms with E-state index in [0.717, 1.165) is 13.1 Å². The van der Waals surface area contributed by atoms with E-state index in [1.54, 1.807) is 0 Å². The molecule has 0 fully saturated rings. The summed E-state index contributed by atoms with van der Waals surface area (Å²) in [6, 6.07) is 2.76. The molecule has 1 N–H and O–H groups in total. The first-order valence-electron chi connectivity index (χ1n) is 6.16. The highest BCUT2D eigenvalue weighted by Crippen LogP contribution is 2.24. The smallest absolute Gasteiger partial charge is 0.0340 e. The molecule has 92 valence electrons. The van der Waals surface area contributed by atoms with Crippen LogP contribution in [0.1, 0.15) is 36.8 Å². The van der Waals surface area contributed by atoms with Gasteiger partial charge in [-0.05, 0) is 57.0 Å². The van der Waals surface area contributed by atoms with E-state index < -0.39 is 0 Å². The molecule has 0 amide bonds. The molecule has 0 spiro atoms. The van der Waals surface area contributed by atoms with Gasteiger partial charge in [0.05, 0.1) is 0 Å². The molecular weight excluding hydrogens is 216 g/mol. The quantitative estimate of drug-likeness (QED) is 0.788. The highest BCUT2D eigenvalue weighted by molar-refractivity contribution is 7.10. The molecule has 1 aromatic rings. The van der Waals surface area contributed by atoms with Gasteiger partial charge in [0.25, 0.3) is 0 Å². The lowest BCUT2D eigenvalue weighted by molar-refractivity contribution is 0.284. The van der Waals surface area contributed by atoms with Crippen LogP contribution in [0.4, 0.5) is 0 Å². The van der Waals surface area contributed by atoms with Crippen LogP contribution in [-0.2, 0) is 0 Å². The van der Waals surface area contributed by atoms with E-state index in [-0.39, 0.29) is 0 Å². The van der Waals surface area contributed by atoms with Crippen LogP contribution in [0.25, 0.3) is 0 Å². The molecule has 1 heterocycles. The summed E-state index contributed by atoms with van der Waals surface area (Å²) in [5.41, 5.74) is 1.47. The van der Waals surface area contributed by atoms with Gasteiger partial charge < -0.3 is 10.2 Å². The van der Waals surface area contributed by atoms with Crippen LogP contribution in [0, 0.1) is 6.92 Å². The van der Waals surface area contributed by atoms with Gasteiger partial charge in [0.15, 0.2) is 0 Å². The molecule has 1 rings (SSSR count). The zero-order chi connectivity index (χ0) is 12.0. The lowest BCUT2D eigenvalue weighted by Crippen LogP contribution is -2.28. The van der Waals surface area contributed by atoms with E-state index in [4.69, 9.17) is 0 Å². The Balaban J connectivity index is 2.53. The van der Waals surface area contributed by atoms with Crippen molar-refractivity contribution in [3.8, 4) is 0 Å². The monoisotopic (exact) mass is 240 g/mol. The van der Waals surface area contributed by atoms with Gasteiger partial charge in [-0.3, -0.25) is 0 Å². The van der Waals surface area contributed by atoms with Crippen LogP contribution < -0.4 is 5.32 Å². The molecule has 0 aliphatic heterocycles. The van der Waals surface area contributed by atoms with Crippen molar-refractivity contribution in [2.75, 3.05) is 26.7 Å². The molecule has 0 aliphatic rings. The van der Waals surface area contributed by atoms with Crippen molar-refractivity contribution in [3.05, 3.63) is 21.9 Å². The largest absolute Gasteiger partial charge is 0.313 e. The Morgan fingerprint density at radius 3 is 2.50 bits per heavy atom. The van der Waals surface area contributed by atoms with E-state index >= 15 is 0 Å². The normalized spacial score (nSPS) is 13.3. The average Bonchev–Trinajstić information content (AvgIpc) is 2.71. The Morgan fingerprint density at radius 1 is 1.38 bits per heavy atom. The Kier molecular flexibility index (Phi) is 6.03. The van der Waals surface area contributed by atoms with E-state index in [1.807, 2.05) is 11.3 Å². The number of thiophene rings is 1. The van der Waals surface area contributed by atoms with E-state index in [1.165, 1.54) is 23.4 Å². The van der Waals surface area contributed by atoms with Crippen molar-refractivity contribution in [2.24, 2.45) is 0 Å².